The summed E-state index contributed by atoms with van der Waals surface area (Å²) in [7, 11) is -4.27. The van der Waals surface area contributed by atoms with Crippen LogP contribution >= 0.6 is 7.82 Å². The zero-order valence-electron chi connectivity index (χ0n) is 20.8. The molecule has 0 fully saturated rings. The molecule has 0 amide bonds. The molecule has 0 spiro atoms. The van der Waals surface area contributed by atoms with Crippen molar-refractivity contribution < 1.29 is 33.1 Å². The summed E-state index contributed by atoms with van der Waals surface area (Å²) < 4.78 is 25.9. The number of phosphoric ester groups is 1. The quantitative estimate of drug-likeness (QED) is 0.0736. The summed E-state index contributed by atoms with van der Waals surface area (Å²) in [6.07, 6.45) is 24.2. The molecule has 9 heteroatoms. The number of unbranched alkanes of at least 4 members (excludes halogenated alkanes) is 7. The summed E-state index contributed by atoms with van der Waals surface area (Å²) in [4.78, 5) is 21.3. The van der Waals surface area contributed by atoms with Crippen LogP contribution in [0.5, 0.6) is 0 Å². The number of phosphoric acid groups is 1. The average molecular weight is 504 g/mol. The molecule has 0 radical (unpaired) electrons. The van der Waals surface area contributed by atoms with Crippen LogP contribution in [0.4, 0.5) is 0 Å². The van der Waals surface area contributed by atoms with Gasteiger partial charge in [-0.2, -0.15) is 0 Å². The van der Waals surface area contributed by atoms with E-state index < -0.39 is 33.1 Å². The van der Waals surface area contributed by atoms with E-state index in [4.69, 9.17) is 15.0 Å². The fourth-order valence-corrected chi connectivity index (χ4v) is 3.69. The summed E-state index contributed by atoms with van der Waals surface area (Å²) in [6, 6.07) is 0. The van der Waals surface area contributed by atoms with E-state index in [9.17, 15) is 19.4 Å². The minimum Gasteiger partial charge on any atom is -0.457 e. The van der Waals surface area contributed by atoms with Crippen LogP contribution in [-0.4, -0.2) is 48.4 Å². The second-order valence-corrected chi connectivity index (χ2v) is 9.47. The number of carbonyl (C=O) groups excluding carboxylic acids is 1. The number of hydrogen-bond acceptors (Lipinski definition) is 7. The Morgan fingerprint density at radius 1 is 0.912 bits per heavy atom. The number of hydrogen-bond donors (Lipinski definition) is 3. The van der Waals surface area contributed by atoms with Crippen molar-refractivity contribution in [1.29, 1.82) is 0 Å². The Bertz CT molecular complexity index is 622. The predicted molar refractivity (Wildman–Crippen MR) is 136 cm³/mol. The molecule has 0 aromatic carbocycles. The molecule has 0 saturated carbocycles. The predicted octanol–water partition coefficient (Wildman–Crippen LogP) is 5.35. The average Bonchev–Trinajstić information content (AvgIpc) is 2.82. The summed E-state index contributed by atoms with van der Waals surface area (Å²) in [5, 5.41) is 9.27. The normalized spacial score (nSPS) is 14.8. The molecular weight excluding hydrogens is 457 g/mol. The van der Waals surface area contributed by atoms with Gasteiger partial charge in [0.1, 0.15) is 6.10 Å². The second kappa shape index (κ2) is 23.5. The number of ether oxygens (including phenoxy) is 1. The van der Waals surface area contributed by atoms with Gasteiger partial charge in [-0.3, -0.25) is 13.8 Å². The molecule has 0 rings (SSSR count). The van der Waals surface area contributed by atoms with Crippen LogP contribution < -0.4 is 5.73 Å². The first-order valence-electron chi connectivity index (χ1n) is 12.5. The van der Waals surface area contributed by atoms with Crippen LogP contribution in [0.2, 0.25) is 0 Å². The van der Waals surface area contributed by atoms with Gasteiger partial charge in [-0.15, -0.1) is 0 Å². The highest BCUT2D eigenvalue weighted by Gasteiger charge is 2.24. The standard InChI is InChI=1S/C25H46NO7P/c1-2-3-4-5-6-7-8-9-10-11-12-13-14-15-16-17-18-19-25(28)33-24(22-27)23-32-34(29,30)31-21-20-26/h6-7,9-10,12-13,24,27H,2-5,8,11,14-23,26H2,1H3,(H,29,30). The molecule has 2 unspecified atom stereocenters. The van der Waals surface area contributed by atoms with Crippen LogP contribution in [0.25, 0.3) is 0 Å². The molecule has 0 aromatic rings. The smallest absolute Gasteiger partial charge is 0.457 e. The van der Waals surface area contributed by atoms with Gasteiger partial charge in [-0.05, 0) is 44.9 Å². The SMILES string of the molecule is CCCCCC=CCC=CCC=CCCCCCCC(=O)OC(CO)COP(=O)(O)OCCN. The van der Waals surface area contributed by atoms with Crippen LogP contribution in [0.1, 0.15) is 84.0 Å². The fraction of sp³-hybridized carbons (Fsp3) is 0.720. The number of carbonyl (C=O) groups is 1. The number of aliphatic hydroxyl groups excluding tert-OH is 1. The van der Waals surface area contributed by atoms with Crippen LogP contribution in [-0.2, 0) is 23.1 Å². The number of nitrogens with two attached hydrogens (primary N) is 1. The monoisotopic (exact) mass is 503 g/mol. The first-order valence-corrected chi connectivity index (χ1v) is 14.0. The van der Waals surface area contributed by atoms with Gasteiger partial charge in [0.05, 0.1) is 19.8 Å². The van der Waals surface area contributed by atoms with E-state index in [0.29, 0.717) is 6.42 Å². The summed E-state index contributed by atoms with van der Waals surface area (Å²) in [5.41, 5.74) is 5.19. The Morgan fingerprint density at radius 3 is 2.09 bits per heavy atom. The van der Waals surface area contributed by atoms with Gasteiger partial charge in [-0.1, -0.05) is 69.1 Å². The van der Waals surface area contributed by atoms with E-state index >= 15 is 0 Å². The van der Waals surface area contributed by atoms with Crippen LogP contribution in [0.15, 0.2) is 36.5 Å². The van der Waals surface area contributed by atoms with E-state index in [2.05, 4.69) is 47.9 Å². The van der Waals surface area contributed by atoms with Crippen molar-refractivity contribution in [1.82, 2.24) is 0 Å². The summed E-state index contributed by atoms with van der Waals surface area (Å²) in [5.74, 6) is -0.471. The number of allylic oxidation sites excluding steroid dienone is 6. The Balaban J connectivity index is 3.71. The van der Waals surface area contributed by atoms with Crippen LogP contribution in [0.3, 0.4) is 0 Å². The van der Waals surface area contributed by atoms with E-state index in [1.807, 2.05) is 0 Å². The van der Waals surface area contributed by atoms with E-state index in [1.54, 1.807) is 0 Å². The Labute approximate surface area is 205 Å². The van der Waals surface area contributed by atoms with Crippen molar-refractivity contribution >= 4 is 13.8 Å². The number of rotatable bonds is 23. The van der Waals surface area contributed by atoms with Gasteiger partial charge < -0.3 is 20.5 Å². The molecule has 0 aromatic heterocycles. The minimum atomic E-state index is -4.27. The molecule has 0 aliphatic heterocycles. The zero-order valence-corrected chi connectivity index (χ0v) is 21.7. The lowest BCUT2D eigenvalue weighted by Crippen LogP contribution is -2.27. The number of esters is 1. The van der Waals surface area contributed by atoms with Gasteiger partial charge >= 0.3 is 13.8 Å². The molecule has 0 saturated heterocycles. The summed E-state index contributed by atoms with van der Waals surface area (Å²) >= 11 is 0. The fourth-order valence-electron chi connectivity index (χ4n) is 2.93. The minimum absolute atomic E-state index is 0.0668. The largest absolute Gasteiger partial charge is 0.472 e. The van der Waals surface area contributed by atoms with Crippen molar-refractivity contribution in [2.45, 2.75) is 90.1 Å². The molecular formula is C25H46NO7P. The maximum atomic E-state index is 11.9. The third kappa shape index (κ3) is 22.5. The zero-order chi connectivity index (χ0) is 25.3. The van der Waals surface area contributed by atoms with E-state index in [0.717, 1.165) is 38.5 Å². The van der Waals surface area contributed by atoms with Gasteiger partial charge in [0, 0.05) is 13.0 Å². The molecule has 4 N–H and O–H groups in total. The molecule has 8 nitrogen and oxygen atoms in total. The first kappa shape index (κ1) is 32.7. The lowest BCUT2D eigenvalue weighted by molar-refractivity contribution is -0.153. The molecule has 198 valence electrons. The van der Waals surface area contributed by atoms with Gasteiger partial charge in [-0.25, -0.2) is 4.57 Å². The lowest BCUT2D eigenvalue weighted by Gasteiger charge is -2.17. The molecule has 2 atom stereocenters. The molecule has 0 aliphatic carbocycles. The summed E-state index contributed by atoms with van der Waals surface area (Å²) in [6.45, 7) is 1.20. The van der Waals surface area contributed by atoms with Crippen molar-refractivity contribution in [2.75, 3.05) is 26.4 Å². The van der Waals surface area contributed by atoms with Gasteiger partial charge in [0.2, 0.25) is 0 Å². The Hall–Kier alpha value is -1.28. The lowest BCUT2D eigenvalue weighted by atomic mass is 10.1. The van der Waals surface area contributed by atoms with Gasteiger partial charge in [0.25, 0.3) is 0 Å². The van der Waals surface area contributed by atoms with E-state index in [-0.39, 0.29) is 19.6 Å². The highest BCUT2D eigenvalue weighted by atomic mass is 31.2. The molecule has 0 bridgehead atoms. The van der Waals surface area contributed by atoms with Crippen LogP contribution in [0, 0.1) is 0 Å². The second-order valence-electron chi connectivity index (χ2n) is 8.01. The van der Waals surface area contributed by atoms with E-state index in [1.165, 1.54) is 25.7 Å². The number of aliphatic hydroxyl groups is 1. The maximum Gasteiger partial charge on any atom is 0.472 e. The molecule has 0 aliphatic rings. The molecule has 0 heterocycles. The van der Waals surface area contributed by atoms with Crippen molar-refractivity contribution in [3.8, 4) is 0 Å². The highest BCUT2D eigenvalue weighted by molar-refractivity contribution is 7.47. The topological polar surface area (TPSA) is 128 Å². The maximum absolute atomic E-state index is 11.9. The highest BCUT2D eigenvalue weighted by Crippen LogP contribution is 2.42. The Kier molecular flexibility index (Phi) is 22.6. The van der Waals surface area contributed by atoms with Crippen molar-refractivity contribution in [2.24, 2.45) is 5.73 Å². The molecule has 34 heavy (non-hydrogen) atoms. The third-order valence-electron chi connectivity index (χ3n) is 4.82. The third-order valence-corrected chi connectivity index (χ3v) is 5.80. The van der Waals surface area contributed by atoms with Crippen molar-refractivity contribution in [3.63, 3.8) is 0 Å². The first-order chi connectivity index (χ1) is 16.4. The van der Waals surface area contributed by atoms with Gasteiger partial charge in [0.15, 0.2) is 0 Å². The van der Waals surface area contributed by atoms with Crippen molar-refractivity contribution in [3.05, 3.63) is 36.5 Å². The Morgan fingerprint density at radius 2 is 1.50 bits per heavy atom.